The number of carboxylic acids is 1. The van der Waals surface area contributed by atoms with Crippen molar-refractivity contribution in [2.75, 3.05) is 18.9 Å². The van der Waals surface area contributed by atoms with Crippen LogP contribution >= 0.6 is 0 Å². The Hall–Kier alpha value is -2.38. The predicted octanol–water partition coefficient (Wildman–Crippen LogP) is 3.12. The molecule has 0 radical (unpaired) electrons. The van der Waals surface area contributed by atoms with Crippen LogP contribution in [0.4, 0.5) is 5.69 Å². The first-order valence-corrected chi connectivity index (χ1v) is 10.2. The number of nitrogens with zero attached hydrogens (tertiary/aromatic N) is 1. The Morgan fingerprint density at radius 2 is 2.00 bits per heavy atom. The first kappa shape index (κ1) is 21.3. The summed E-state index contributed by atoms with van der Waals surface area (Å²) in [5.74, 6) is 0.00522. The molecular formula is C22H31N3O4. The lowest BCUT2D eigenvalue weighted by Crippen LogP contribution is -2.47. The van der Waals surface area contributed by atoms with Crippen molar-refractivity contribution in [2.24, 2.45) is 5.92 Å². The summed E-state index contributed by atoms with van der Waals surface area (Å²) in [5, 5.41) is 23.2. The molecule has 0 aliphatic heterocycles. The second-order valence-electron chi connectivity index (χ2n) is 8.67. The Balaban J connectivity index is 1.72. The molecule has 1 aromatic carbocycles. The summed E-state index contributed by atoms with van der Waals surface area (Å²) >= 11 is 0. The third kappa shape index (κ3) is 4.97. The molecule has 5 N–H and O–H groups in total. The number of hydrogen-bond acceptors (Lipinski definition) is 6. The molecule has 0 bridgehead atoms. The van der Waals surface area contributed by atoms with Gasteiger partial charge < -0.3 is 26.0 Å². The van der Waals surface area contributed by atoms with Crippen LogP contribution in [0.1, 0.15) is 55.6 Å². The van der Waals surface area contributed by atoms with Crippen molar-refractivity contribution in [1.29, 1.82) is 0 Å². The van der Waals surface area contributed by atoms with Crippen molar-refractivity contribution >= 4 is 22.6 Å². The maximum Gasteiger partial charge on any atom is 0.339 e. The molecular weight excluding hydrogens is 370 g/mol. The predicted molar refractivity (Wildman–Crippen MR) is 113 cm³/mol. The van der Waals surface area contributed by atoms with Gasteiger partial charge in [0.1, 0.15) is 17.9 Å². The van der Waals surface area contributed by atoms with Crippen molar-refractivity contribution in [3.8, 4) is 5.75 Å². The Morgan fingerprint density at radius 3 is 2.66 bits per heavy atom. The van der Waals surface area contributed by atoms with Gasteiger partial charge in [-0.05, 0) is 71.0 Å². The fraction of sp³-hybridized carbons (Fsp3) is 0.545. The number of ether oxygens (including phenoxy) is 1. The lowest BCUT2D eigenvalue weighted by atomic mass is 9.87. The number of carbonyl (C=O) groups is 1. The van der Waals surface area contributed by atoms with Gasteiger partial charge in [0, 0.05) is 5.54 Å². The number of aliphatic hydroxyl groups is 1. The molecule has 1 fully saturated rings. The topological polar surface area (TPSA) is 118 Å². The molecule has 7 nitrogen and oxygen atoms in total. The summed E-state index contributed by atoms with van der Waals surface area (Å²) in [6.45, 7) is 7.07. The van der Waals surface area contributed by atoms with Crippen LogP contribution in [-0.4, -0.2) is 46.0 Å². The van der Waals surface area contributed by atoms with Crippen molar-refractivity contribution in [3.63, 3.8) is 0 Å². The van der Waals surface area contributed by atoms with Crippen molar-refractivity contribution in [3.05, 3.63) is 29.5 Å². The zero-order valence-corrected chi connectivity index (χ0v) is 17.4. The van der Waals surface area contributed by atoms with Crippen LogP contribution < -0.4 is 15.8 Å². The third-order valence-electron chi connectivity index (χ3n) is 5.68. The largest absolute Gasteiger partial charge is 0.491 e. The van der Waals surface area contributed by atoms with E-state index in [1.165, 1.54) is 0 Å². The SMILES string of the molecule is Cc1nc2cccc(OCC(C)(C)NCC3CCC(O)CC3)c2c(N)c1C(=O)O. The second kappa shape index (κ2) is 8.55. The van der Waals surface area contributed by atoms with Gasteiger partial charge in [-0.1, -0.05) is 6.07 Å². The van der Waals surface area contributed by atoms with Gasteiger partial charge in [0.25, 0.3) is 0 Å². The quantitative estimate of drug-likeness (QED) is 0.563. The normalized spacial score (nSPS) is 20.0. The van der Waals surface area contributed by atoms with Crippen LogP contribution in [0.3, 0.4) is 0 Å². The molecule has 3 rings (SSSR count). The molecule has 1 aliphatic rings. The molecule has 1 aromatic heterocycles. The number of nitrogen functional groups attached to an aromatic ring is 1. The highest BCUT2D eigenvalue weighted by molar-refractivity contribution is 6.06. The molecule has 0 spiro atoms. The minimum atomic E-state index is -1.09. The molecule has 158 valence electrons. The summed E-state index contributed by atoms with van der Waals surface area (Å²) in [6, 6.07) is 5.43. The van der Waals surface area contributed by atoms with E-state index in [1.807, 2.05) is 6.07 Å². The average molecular weight is 402 g/mol. The van der Waals surface area contributed by atoms with Crippen LogP contribution in [0.15, 0.2) is 18.2 Å². The lowest BCUT2D eigenvalue weighted by Gasteiger charge is -2.31. The highest BCUT2D eigenvalue weighted by Gasteiger charge is 2.25. The molecule has 0 saturated heterocycles. The number of nitrogens with two attached hydrogens (primary N) is 1. The molecule has 0 atom stereocenters. The maximum atomic E-state index is 11.6. The van der Waals surface area contributed by atoms with Crippen LogP contribution in [0.5, 0.6) is 5.75 Å². The molecule has 0 unspecified atom stereocenters. The summed E-state index contributed by atoms with van der Waals surface area (Å²) in [5.41, 5.74) is 7.12. The number of pyridine rings is 1. The van der Waals surface area contributed by atoms with Gasteiger partial charge in [-0.3, -0.25) is 4.98 Å². The fourth-order valence-electron chi connectivity index (χ4n) is 3.91. The first-order chi connectivity index (χ1) is 13.7. The molecule has 0 amide bonds. The molecule has 1 heterocycles. The lowest BCUT2D eigenvalue weighted by molar-refractivity contribution is 0.0697. The second-order valence-corrected chi connectivity index (χ2v) is 8.67. The van der Waals surface area contributed by atoms with E-state index in [9.17, 15) is 15.0 Å². The van der Waals surface area contributed by atoms with Gasteiger partial charge in [0.15, 0.2) is 0 Å². The van der Waals surface area contributed by atoms with E-state index < -0.39 is 5.97 Å². The Morgan fingerprint density at radius 1 is 1.31 bits per heavy atom. The minimum Gasteiger partial charge on any atom is -0.491 e. The smallest absolute Gasteiger partial charge is 0.339 e. The minimum absolute atomic E-state index is 0.0189. The molecule has 29 heavy (non-hydrogen) atoms. The number of fused-ring (bicyclic) bond motifs is 1. The standard InChI is InChI=1S/C22H31N3O4/c1-13-18(21(27)28)20(23)19-16(25-13)5-4-6-17(19)29-12-22(2,3)24-11-14-7-9-15(26)10-8-14/h4-6,14-15,24,26H,7-12H2,1-3H3,(H2,23,25)(H,27,28). The molecule has 1 saturated carbocycles. The zero-order valence-electron chi connectivity index (χ0n) is 17.4. The van der Waals surface area contributed by atoms with E-state index in [4.69, 9.17) is 10.5 Å². The van der Waals surface area contributed by atoms with Gasteiger partial charge in [-0.2, -0.15) is 0 Å². The zero-order chi connectivity index (χ0) is 21.2. The number of anilines is 1. The number of aliphatic hydroxyl groups excluding tert-OH is 1. The molecule has 1 aliphatic carbocycles. The Bertz CT molecular complexity index is 889. The Labute approximate surface area is 171 Å². The summed E-state index contributed by atoms with van der Waals surface area (Å²) in [7, 11) is 0. The van der Waals surface area contributed by atoms with E-state index >= 15 is 0 Å². The van der Waals surface area contributed by atoms with Crippen molar-refractivity contribution in [1.82, 2.24) is 10.3 Å². The van der Waals surface area contributed by atoms with Gasteiger partial charge >= 0.3 is 5.97 Å². The third-order valence-corrected chi connectivity index (χ3v) is 5.68. The number of hydrogen-bond donors (Lipinski definition) is 4. The maximum absolute atomic E-state index is 11.6. The summed E-state index contributed by atoms with van der Waals surface area (Å²) in [6.07, 6.45) is 3.67. The fourth-order valence-corrected chi connectivity index (χ4v) is 3.91. The molecule has 2 aromatic rings. The number of benzene rings is 1. The van der Waals surface area contributed by atoms with Crippen molar-refractivity contribution < 1.29 is 19.7 Å². The number of nitrogens with one attached hydrogen (secondary N) is 1. The highest BCUT2D eigenvalue weighted by Crippen LogP contribution is 2.34. The van der Waals surface area contributed by atoms with Gasteiger partial charge in [-0.15, -0.1) is 0 Å². The average Bonchev–Trinajstić information content (AvgIpc) is 2.65. The van der Waals surface area contributed by atoms with Crippen LogP contribution in [0.2, 0.25) is 0 Å². The molecule has 7 heteroatoms. The van der Waals surface area contributed by atoms with Crippen LogP contribution in [0, 0.1) is 12.8 Å². The van der Waals surface area contributed by atoms with Gasteiger partial charge in [-0.25, -0.2) is 4.79 Å². The van der Waals surface area contributed by atoms with E-state index in [0.29, 0.717) is 34.9 Å². The van der Waals surface area contributed by atoms with E-state index in [1.54, 1.807) is 19.1 Å². The number of carboxylic acid groups (broad SMARTS) is 1. The van der Waals surface area contributed by atoms with Crippen molar-refractivity contribution in [2.45, 2.75) is 58.1 Å². The van der Waals surface area contributed by atoms with Gasteiger partial charge in [0.2, 0.25) is 0 Å². The van der Waals surface area contributed by atoms with E-state index in [0.717, 1.165) is 32.2 Å². The van der Waals surface area contributed by atoms with E-state index in [2.05, 4.69) is 24.1 Å². The Kier molecular flexibility index (Phi) is 6.29. The monoisotopic (exact) mass is 401 g/mol. The number of aryl methyl sites for hydroxylation is 1. The summed E-state index contributed by atoms with van der Waals surface area (Å²) < 4.78 is 6.08. The van der Waals surface area contributed by atoms with Gasteiger partial charge in [0.05, 0.1) is 28.4 Å². The van der Waals surface area contributed by atoms with E-state index in [-0.39, 0.29) is 22.9 Å². The summed E-state index contributed by atoms with van der Waals surface area (Å²) in [4.78, 5) is 16.0. The first-order valence-electron chi connectivity index (χ1n) is 10.2. The van der Waals surface area contributed by atoms with Crippen LogP contribution in [0.25, 0.3) is 10.9 Å². The number of rotatable bonds is 7. The number of aromatic nitrogens is 1. The van der Waals surface area contributed by atoms with Crippen LogP contribution in [-0.2, 0) is 0 Å². The highest BCUT2D eigenvalue weighted by atomic mass is 16.5. The number of aromatic carboxylic acids is 1.